The van der Waals surface area contributed by atoms with E-state index in [9.17, 15) is 8.78 Å². The zero-order chi connectivity index (χ0) is 13.8. The standard InChI is InChI=1S/C15H16F2N2/c1-10-6-7-18-8-12(10)9-19-11(2)15-13(16)4-3-5-14(15)17/h3-8,11,19H,9H2,1-2H3. The fraction of sp³-hybridized carbons (Fsp3) is 0.267. The van der Waals surface area contributed by atoms with Crippen LogP contribution in [0.15, 0.2) is 36.7 Å². The van der Waals surface area contributed by atoms with Crippen LogP contribution in [0.1, 0.15) is 29.7 Å². The summed E-state index contributed by atoms with van der Waals surface area (Å²) in [5.41, 5.74) is 2.19. The SMILES string of the molecule is Cc1ccncc1CNC(C)c1c(F)cccc1F. The van der Waals surface area contributed by atoms with Crippen molar-refractivity contribution in [2.45, 2.75) is 26.4 Å². The van der Waals surface area contributed by atoms with Gasteiger partial charge in [0.15, 0.2) is 0 Å². The molecule has 2 aromatic rings. The molecule has 1 aromatic carbocycles. The van der Waals surface area contributed by atoms with Gasteiger partial charge in [-0.25, -0.2) is 8.78 Å². The van der Waals surface area contributed by atoms with Crippen LogP contribution in [0.5, 0.6) is 0 Å². The predicted octanol–water partition coefficient (Wildman–Crippen LogP) is 3.52. The highest BCUT2D eigenvalue weighted by Crippen LogP contribution is 2.20. The molecule has 0 aliphatic rings. The summed E-state index contributed by atoms with van der Waals surface area (Å²) in [5, 5.41) is 3.12. The van der Waals surface area contributed by atoms with Gasteiger partial charge in [0.05, 0.1) is 0 Å². The smallest absolute Gasteiger partial charge is 0.130 e. The maximum absolute atomic E-state index is 13.6. The Labute approximate surface area is 111 Å². The molecule has 19 heavy (non-hydrogen) atoms. The molecule has 4 heteroatoms. The number of rotatable bonds is 4. The van der Waals surface area contributed by atoms with Crippen molar-refractivity contribution in [3.05, 3.63) is 65.0 Å². The molecular weight excluding hydrogens is 246 g/mol. The van der Waals surface area contributed by atoms with E-state index in [4.69, 9.17) is 0 Å². The molecule has 0 fully saturated rings. The van der Waals surface area contributed by atoms with Crippen LogP contribution in [-0.4, -0.2) is 4.98 Å². The van der Waals surface area contributed by atoms with E-state index in [1.807, 2.05) is 13.0 Å². The van der Waals surface area contributed by atoms with Gasteiger partial charge < -0.3 is 5.32 Å². The third kappa shape index (κ3) is 3.15. The van der Waals surface area contributed by atoms with E-state index >= 15 is 0 Å². The minimum absolute atomic E-state index is 0.0732. The van der Waals surface area contributed by atoms with Crippen LogP contribution in [0.25, 0.3) is 0 Å². The number of aromatic nitrogens is 1. The second-order valence-corrected chi connectivity index (χ2v) is 4.54. The first-order chi connectivity index (χ1) is 9.09. The Balaban J connectivity index is 2.10. The summed E-state index contributed by atoms with van der Waals surface area (Å²) in [6.07, 6.45) is 3.48. The number of halogens is 2. The lowest BCUT2D eigenvalue weighted by Crippen LogP contribution is -2.21. The highest BCUT2D eigenvalue weighted by atomic mass is 19.1. The molecular formula is C15H16F2N2. The number of pyridine rings is 1. The van der Waals surface area contributed by atoms with Crippen molar-refractivity contribution < 1.29 is 8.78 Å². The van der Waals surface area contributed by atoms with Crippen molar-refractivity contribution in [2.24, 2.45) is 0 Å². The van der Waals surface area contributed by atoms with E-state index < -0.39 is 17.7 Å². The number of hydrogen-bond acceptors (Lipinski definition) is 2. The van der Waals surface area contributed by atoms with Crippen LogP contribution in [0.2, 0.25) is 0 Å². The highest BCUT2D eigenvalue weighted by Gasteiger charge is 2.15. The second-order valence-electron chi connectivity index (χ2n) is 4.54. The van der Waals surface area contributed by atoms with Gasteiger partial charge in [-0.15, -0.1) is 0 Å². The zero-order valence-corrected chi connectivity index (χ0v) is 11.0. The first kappa shape index (κ1) is 13.6. The summed E-state index contributed by atoms with van der Waals surface area (Å²) in [5.74, 6) is -1.05. The van der Waals surface area contributed by atoms with Crippen LogP contribution in [0.4, 0.5) is 8.78 Å². The van der Waals surface area contributed by atoms with Crippen LogP contribution < -0.4 is 5.32 Å². The molecule has 0 saturated heterocycles. The average molecular weight is 262 g/mol. The van der Waals surface area contributed by atoms with Gasteiger partial charge in [-0.1, -0.05) is 6.07 Å². The lowest BCUT2D eigenvalue weighted by atomic mass is 10.1. The molecule has 1 unspecified atom stereocenters. The number of nitrogens with one attached hydrogen (secondary N) is 1. The Morgan fingerprint density at radius 3 is 2.53 bits per heavy atom. The van der Waals surface area contributed by atoms with Crippen molar-refractivity contribution in [1.29, 1.82) is 0 Å². The molecule has 1 atom stereocenters. The van der Waals surface area contributed by atoms with Gasteiger partial charge in [0.25, 0.3) is 0 Å². The maximum atomic E-state index is 13.6. The summed E-state index contributed by atoms with van der Waals surface area (Å²) < 4.78 is 27.2. The van der Waals surface area contributed by atoms with Crippen molar-refractivity contribution in [3.63, 3.8) is 0 Å². The molecule has 0 radical (unpaired) electrons. The Hall–Kier alpha value is -1.81. The summed E-state index contributed by atoms with van der Waals surface area (Å²) in [7, 11) is 0. The average Bonchev–Trinajstić information content (AvgIpc) is 2.37. The van der Waals surface area contributed by atoms with E-state index in [2.05, 4.69) is 10.3 Å². The molecule has 0 saturated carbocycles. The molecule has 0 spiro atoms. The third-order valence-corrected chi connectivity index (χ3v) is 3.18. The first-order valence-electron chi connectivity index (χ1n) is 6.16. The fourth-order valence-corrected chi connectivity index (χ4v) is 1.97. The lowest BCUT2D eigenvalue weighted by Gasteiger charge is -2.16. The monoisotopic (exact) mass is 262 g/mol. The lowest BCUT2D eigenvalue weighted by molar-refractivity contribution is 0.487. The molecule has 2 rings (SSSR count). The molecule has 0 bridgehead atoms. The maximum Gasteiger partial charge on any atom is 0.130 e. The largest absolute Gasteiger partial charge is 0.306 e. The normalized spacial score (nSPS) is 12.4. The van der Waals surface area contributed by atoms with Gasteiger partial charge in [0.2, 0.25) is 0 Å². The Kier molecular flexibility index (Phi) is 4.22. The Bertz CT molecular complexity index is 550. The molecule has 1 heterocycles. The first-order valence-corrected chi connectivity index (χ1v) is 6.16. The van der Waals surface area contributed by atoms with Crippen LogP contribution >= 0.6 is 0 Å². The topological polar surface area (TPSA) is 24.9 Å². The van der Waals surface area contributed by atoms with Crippen molar-refractivity contribution in [1.82, 2.24) is 10.3 Å². The minimum atomic E-state index is -0.525. The van der Waals surface area contributed by atoms with Gasteiger partial charge in [0, 0.05) is 30.5 Å². The van der Waals surface area contributed by atoms with E-state index in [1.54, 1.807) is 19.3 Å². The van der Waals surface area contributed by atoms with Crippen molar-refractivity contribution in [3.8, 4) is 0 Å². The summed E-state index contributed by atoms with van der Waals surface area (Å²) >= 11 is 0. The third-order valence-electron chi connectivity index (χ3n) is 3.18. The quantitative estimate of drug-likeness (QED) is 0.912. The summed E-state index contributed by atoms with van der Waals surface area (Å²) in [6.45, 7) is 4.24. The van der Waals surface area contributed by atoms with E-state index in [0.29, 0.717) is 6.54 Å². The predicted molar refractivity (Wildman–Crippen MR) is 70.6 cm³/mol. The number of benzene rings is 1. The van der Waals surface area contributed by atoms with Gasteiger partial charge >= 0.3 is 0 Å². The van der Waals surface area contributed by atoms with Crippen LogP contribution in [0.3, 0.4) is 0 Å². The Morgan fingerprint density at radius 2 is 1.89 bits per heavy atom. The molecule has 1 N–H and O–H groups in total. The minimum Gasteiger partial charge on any atom is -0.306 e. The van der Waals surface area contributed by atoms with Gasteiger partial charge in [0.1, 0.15) is 11.6 Å². The molecule has 100 valence electrons. The zero-order valence-electron chi connectivity index (χ0n) is 11.0. The second kappa shape index (κ2) is 5.89. The van der Waals surface area contributed by atoms with Crippen LogP contribution in [0, 0.1) is 18.6 Å². The Morgan fingerprint density at radius 1 is 1.21 bits per heavy atom. The molecule has 1 aromatic heterocycles. The molecule has 0 amide bonds. The van der Waals surface area contributed by atoms with E-state index in [-0.39, 0.29) is 5.56 Å². The van der Waals surface area contributed by atoms with Gasteiger partial charge in [-0.05, 0) is 43.2 Å². The number of aryl methyl sites for hydroxylation is 1. The van der Waals surface area contributed by atoms with Gasteiger partial charge in [-0.2, -0.15) is 0 Å². The number of hydrogen-bond donors (Lipinski definition) is 1. The fourth-order valence-electron chi connectivity index (χ4n) is 1.97. The van der Waals surface area contributed by atoms with Gasteiger partial charge in [-0.3, -0.25) is 4.98 Å². The van der Waals surface area contributed by atoms with Crippen molar-refractivity contribution in [2.75, 3.05) is 0 Å². The number of nitrogens with zero attached hydrogens (tertiary/aromatic N) is 1. The molecule has 0 aliphatic heterocycles. The highest BCUT2D eigenvalue weighted by molar-refractivity contribution is 5.24. The van der Waals surface area contributed by atoms with E-state index in [1.165, 1.54) is 18.2 Å². The summed E-state index contributed by atoms with van der Waals surface area (Å²) in [4.78, 5) is 4.04. The molecule has 0 aliphatic carbocycles. The van der Waals surface area contributed by atoms with Crippen LogP contribution in [-0.2, 0) is 6.54 Å². The summed E-state index contributed by atoms with van der Waals surface area (Å²) in [6, 6.07) is 5.41. The van der Waals surface area contributed by atoms with Crippen molar-refractivity contribution >= 4 is 0 Å². The van der Waals surface area contributed by atoms with E-state index in [0.717, 1.165) is 11.1 Å². The molecule has 2 nitrogen and oxygen atoms in total.